The molecular formula is C14H19N3O4. The standard InChI is InChI=1S/C14H19N3O4/c1-3-4-14(2,19)8-15-11-7-10-9(6-13(18)16-10)5-12(11)17(20)21/h5,7,15,19H,3-4,6,8H2,1-2H3,(H,16,18). The van der Waals surface area contributed by atoms with Crippen LogP contribution in [0.5, 0.6) is 0 Å². The van der Waals surface area contributed by atoms with E-state index in [0.717, 1.165) is 6.42 Å². The summed E-state index contributed by atoms with van der Waals surface area (Å²) in [6.07, 6.45) is 1.57. The van der Waals surface area contributed by atoms with Gasteiger partial charge in [-0.3, -0.25) is 14.9 Å². The Morgan fingerprint density at radius 1 is 1.52 bits per heavy atom. The van der Waals surface area contributed by atoms with E-state index in [1.165, 1.54) is 6.07 Å². The lowest BCUT2D eigenvalue weighted by atomic mass is 10.0. The molecule has 1 amide bonds. The van der Waals surface area contributed by atoms with E-state index < -0.39 is 10.5 Å². The molecule has 0 fully saturated rings. The van der Waals surface area contributed by atoms with Gasteiger partial charge in [0.2, 0.25) is 5.91 Å². The van der Waals surface area contributed by atoms with Gasteiger partial charge in [0, 0.05) is 18.3 Å². The Morgan fingerprint density at radius 3 is 2.86 bits per heavy atom. The molecule has 7 heteroatoms. The highest BCUT2D eigenvalue weighted by molar-refractivity contribution is 6.00. The van der Waals surface area contributed by atoms with Crippen LogP contribution in [-0.4, -0.2) is 28.1 Å². The van der Waals surface area contributed by atoms with Crippen LogP contribution in [0.2, 0.25) is 0 Å². The van der Waals surface area contributed by atoms with Crippen molar-refractivity contribution in [3.8, 4) is 0 Å². The molecule has 0 aliphatic carbocycles. The molecule has 0 bridgehead atoms. The maximum absolute atomic E-state index is 11.4. The van der Waals surface area contributed by atoms with E-state index in [-0.39, 0.29) is 24.6 Å². The summed E-state index contributed by atoms with van der Waals surface area (Å²) in [4.78, 5) is 22.0. The summed E-state index contributed by atoms with van der Waals surface area (Å²) in [7, 11) is 0. The molecule has 1 aromatic carbocycles. The Labute approximate surface area is 122 Å². The topological polar surface area (TPSA) is 104 Å². The van der Waals surface area contributed by atoms with Crippen molar-refractivity contribution in [1.29, 1.82) is 0 Å². The molecule has 0 saturated heterocycles. The first kappa shape index (κ1) is 15.2. The van der Waals surface area contributed by atoms with Crippen LogP contribution in [0.4, 0.5) is 17.1 Å². The second-order valence-electron chi connectivity index (χ2n) is 5.61. The lowest BCUT2D eigenvalue weighted by Crippen LogP contribution is -2.33. The number of nitrogens with one attached hydrogen (secondary N) is 2. The van der Waals surface area contributed by atoms with E-state index in [9.17, 15) is 20.0 Å². The van der Waals surface area contributed by atoms with E-state index in [4.69, 9.17) is 0 Å². The molecule has 0 saturated carbocycles. The second-order valence-corrected chi connectivity index (χ2v) is 5.61. The smallest absolute Gasteiger partial charge is 0.292 e. The molecule has 1 atom stereocenters. The number of hydrogen-bond acceptors (Lipinski definition) is 5. The van der Waals surface area contributed by atoms with Gasteiger partial charge in [0.05, 0.1) is 16.9 Å². The summed E-state index contributed by atoms with van der Waals surface area (Å²) in [5, 5.41) is 26.9. The summed E-state index contributed by atoms with van der Waals surface area (Å²) in [6, 6.07) is 2.96. The van der Waals surface area contributed by atoms with Crippen molar-refractivity contribution >= 4 is 23.0 Å². The minimum absolute atomic E-state index is 0.0856. The average Bonchev–Trinajstić information content (AvgIpc) is 2.74. The largest absolute Gasteiger partial charge is 0.388 e. The third kappa shape index (κ3) is 3.49. The van der Waals surface area contributed by atoms with E-state index in [1.807, 2.05) is 6.92 Å². The van der Waals surface area contributed by atoms with Gasteiger partial charge < -0.3 is 15.7 Å². The summed E-state index contributed by atoms with van der Waals surface area (Å²) >= 11 is 0. The number of rotatable bonds is 6. The van der Waals surface area contributed by atoms with Crippen LogP contribution in [0.25, 0.3) is 0 Å². The van der Waals surface area contributed by atoms with Gasteiger partial charge in [-0.1, -0.05) is 13.3 Å². The Hall–Kier alpha value is -2.15. The molecule has 2 rings (SSSR count). The third-order valence-electron chi connectivity index (χ3n) is 3.49. The van der Waals surface area contributed by atoms with E-state index in [1.54, 1.807) is 13.0 Å². The maximum Gasteiger partial charge on any atom is 0.292 e. The minimum Gasteiger partial charge on any atom is -0.388 e. The molecule has 114 valence electrons. The zero-order valence-electron chi connectivity index (χ0n) is 12.1. The number of aliphatic hydroxyl groups is 1. The maximum atomic E-state index is 11.4. The fraction of sp³-hybridized carbons (Fsp3) is 0.500. The van der Waals surface area contributed by atoms with Crippen molar-refractivity contribution < 1.29 is 14.8 Å². The first-order chi connectivity index (χ1) is 9.82. The quantitative estimate of drug-likeness (QED) is 0.550. The van der Waals surface area contributed by atoms with Crippen molar-refractivity contribution in [3.63, 3.8) is 0 Å². The van der Waals surface area contributed by atoms with Crippen LogP contribution in [-0.2, 0) is 11.2 Å². The van der Waals surface area contributed by atoms with Crippen LogP contribution in [0.3, 0.4) is 0 Å². The number of nitrogens with zero attached hydrogens (tertiary/aromatic N) is 1. The molecule has 3 N–H and O–H groups in total. The molecular weight excluding hydrogens is 274 g/mol. The average molecular weight is 293 g/mol. The second kappa shape index (κ2) is 5.69. The molecule has 1 aliphatic heterocycles. The summed E-state index contributed by atoms with van der Waals surface area (Å²) in [5.41, 5.74) is 0.487. The number of benzene rings is 1. The molecule has 0 radical (unpaired) electrons. The number of nitro benzene ring substituents is 1. The first-order valence-electron chi connectivity index (χ1n) is 6.90. The van der Waals surface area contributed by atoms with Gasteiger partial charge in [-0.2, -0.15) is 0 Å². The van der Waals surface area contributed by atoms with Crippen LogP contribution in [0.1, 0.15) is 32.3 Å². The Bertz CT molecular complexity index is 584. The summed E-state index contributed by atoms with van der Waals surface area (Å²) in [6.45, 7) is 3.85. The fourth-order valence-electron chi connectivity index (χ4n) is 2.47. The van der Waals surface area contributed by atoms with E-state index >= 15 is 0 Å². The number of carbonyl (C=O) groups excluding carboxylic acids is 1. The van der Waals surface area contributed by atoms with Crippen LogP contribution >= 0.6 is 0 Å². The highest BCUT2D eigenvalue weighted by atomic mass is 16.6. The molecule has 1 aliphatic rings. The van der Waals surface area contributed by atoms with Gasteiger partial charge in [-0.25, -0.2) is 0 Å². The number of carbonyl (C=O) groups is 1. The highest BCUT2D eigenvalue weighted by Gasteiger charge is 2.26. The van der Waals surface area contributed by atoms with Crippen molar-refractivity contribution in [1.82, 2.24) is 0 Å². The lowest BCUT2D eigenvalue weighted by Gasteiger charge is -2.23. The van der Waals surface area contributed by atoms with Gasteiger partial charge >= 0.3 is 0 Å². The van der Waals surface area contributed by atoms with Gasteiger partial charge in [0.15, 0.2) is 0 Å². The van der Waals surface area contributed by atoms with Crippen LogP contribution in [0.15, 0.2) is 12.1 Å². The molecule has 1 unspecified atom stereocenters. The zero-order chi connectivity index (χ0) is 15.6. The molecule has 7 nitrogen and oxygen atoms in total. The highest BCUT2D eigenvalue weighted by Crippen LogP contribution is 2.34. The Morgan fingerprint density at radius 2 is 2.24 bits per heavy atom. The number of anilines is 2. The Kier molecular flexibility index (Phi) is 4.13. The monoisotopic (exact) mass is 293 g/mol. The molecule has 0 aromatic heterocycles. The number of amides is 1. The van der Waals surface area contributed by atoms with E-state index in [2.05, 4.69) is 10.6 Å². The van der Waals surface area contributed by atoms with Gasteiger partial charge in [-0.15, -0.1) is 0 Å². The summed E-state index contributed by atoms with van der Waals surface area (Å²) < 4.78 is 0. The third-order valence-corrected chi connectivity index (χ3v) is 3.49. The molecule has 1 heterocycles. The van der Waals surface area contributed by atoms with Crippen molar-refractivity contribution in [2.45, 2.75) is 38.7 Å². The molecule has 1 aromatic rings. The fourth-order valence-corrected chi connectivity index (χ4v) is 2.47. The number of fused-ring (bicyclic) bond motifs is 1. The zero-order valence-corrected chi connectivity index (χ0v) is 12.1. The van der Waals surface area contributed by atoms with Gasteiger partial charge in [-0.05, 0) is 25.0 Å². The predicted octanol–water partition coefficient (Wildman–Crippen LogP) is 2.05. The minimum atomic E-state index is -0.940. The summed E-state index contributed by atoms with van der Waals surface area (Å²) in [5.74, 6) is -0.172. The van der Waals surface area contributed by atoms with Gasteiger partial charge in [0.1, 0.15) is 5.69 Å². The van der Waals surface area contributed by atoms with Crippen LogP contribution in [0, 0.1) is 10.1 Å². The van der Waals surface area contributed by atoms with E-state index in [0.29, 0.717) is 23.4 Å². The first-order valence-corrected chi connectivity index (χ1v) is 6.90. The van der Waals surface area contributed by atoms with Crippen molar-refractivity contribution in [2.24, 2.45) is 0 Å². The SMILES string of the molecule is CCCC(C)(O)CNc1cc2c(cc1[N+](=O)[O-])CC(=O)N2. The van der Waals surface area contributed by atoms with Crippen LogP contribution < -0.4 is 10.6 Å². The number of hydrogen-bond donors (Lipinski definition) is 3. The Balaban J connectivity index is 2.24. The van der Waals surface area contributed by atoms with Crippen molar-refractivity contribution in [2.75, 3.05) is 17.2 Å². The predicted molar refractivity (Wildman–Crippen MR) is 79.5 cm³/mol. The molecule has 0 spiro atoms. The molecule has 21 heavy (non-hydrogen) atoms. The van der Waals surface area contributed by atoms with Gasteiger partial charge in [0.25, 0.3) is 5.69 Å². The number of nitro groups is 1. The van der Waals surface area contributed by atoms with Crippen molar-refractivity contribution in [3.05, 3.63) is 27.8 Å². The normalized spacial score (nSPS) is 16.0. The lowest BCUT2D eigenvalue weighted by molar-refractivity contribution is -0.384.